The second kappa shape index (κ2) is 6.04. The molecule has 6 nitrogen and oxygen atoms in total. The van der Waals surface area contributed by atoms with E-state index >= 15 is 0 Å². The minimum atomic E-state index is -2.21. The molecule has 0 amide bonds. The molecule has 0 aromatic rings. The van der Waals surface area contributed by atoms with Gasteiger partial charge in [-0.25, -0.2) is 0 Å². The Hall–Kier alpha value is -0.590. The molecule has 0 radical (unpaired) electrons. The molecule has 0 aliphatic carbocycles. The quantitative estimate of drug-likeness (QED) is 0.198. The average Bonchev–Trinajstić information content (AvgIpc) is 2.63. The first-order chi connectivity index (χ1) is 8.25. The summed E-state index contributed by atoms with van der Waals surface area (Å²) in [5, 5.41) is 10.8. The van der Waals surface area contributed by atoms with Gasteiger partial charge in [0.2, 0.25) is 5.84 Å². The van der Waals surface area contributed by atoms with E-state index in [9.17, 15) is 10.1 Å². The highest BCUT2D eigenvalue weighted by Crippen LogP contribution is 2.26. The van der Waals surface area contributed by atoms with E-state index in [0.717, 1.165) is 6.42 Å². The Morgan fingerprint density at radius 2 is 2.22 bits per heavy atom. The van der Waals surface area contributed by atoms with Crippen molar-refractivity contribution in [2.24, 2.45) is 10.9 Å². The number of aliphatic imine (C=N–C) groups is 1. The molecular weight excluding hydrogens is 281 g/mol. The van der Waals surface area contributed by atoms with E-state index in [2.05, 4.69) is 4.99 Å². The standard InChI is InChI=1S/C10H17Cl2N3O3/c1-7-4-8(6-18-7)5-13-9(14(2)3)10(11,12)15(16)17/h7-8H,4-6H2,1-3H3. The molecule has 2 unspecified atom stereocenters. The Bertz CT molecular complexity index is 347. The molecule has 1 fully saturated rings. The topological polar surface area (TPSA) is 68.0 Å². The van der Waals surface area contributed by atoms with Crippen molar-refractivity contribution in [3.8, 4) is 0 Å². The van der Waals surface area contributed by atoms with Gasteiger partial charge in [0.1, 0.15) is 0 Å². The van der Waals surface area contributed by atoms with Gasteiger partial charge in [0.05, 0.1) is 17.6 Å². The highest BCUT2D eigenvalue weighted by molar-refractivity contribution is 6.57. The lowest BCUT2D eigenvalue weighted by atomic mass is 10.1. The summed E-state index contributed by atoms with van der Waals surface area (Å²) in [6.07, 6.45) is 1.10. The van der Waals surface area contributed by atoms with E-state index in [1.165, 1.54) is 4.90 Å². The predicted molar refractivity (Wildman–Crippen MR) is 70.9 cm³/mol. The zero-order valence-corrected chi connectivity index (χ0v) is 12.1. The lowest BCUT2D eigenvalue weighted by Gasteiger charge is -2.20. The van der Waals surface area contributed by atoms with Crippen LogP contribution >= 0.6 is 23.2 Å². The first kappa shape index (κ1) is 15.5. The molecule has 0 aromatic carbocycles. The van der Waals surface area contributed by atoms with Crippen molar-refractivity contribution in [1.82, 2.24) is 4.90 Å². The molecule has 0 aromatic heterocycles. The van der Waals surface area contributed by atoms with E-state index in [1.807, 2.05) is 6.92 Å². The molecule has 0 saturated carbocycles. The van der Waals surface area contributed by atoms with Gasteiger partial charge in [0, 0.05) is 26.6 Å². The van der Waals surface area contributed by atoms with E-state index in [0.29, 0.717) is 13.2 Å². The fraction of sp³-hybridized carbons (Fsp3) is 0.900. The lowest BCUT2D eigenvalue weighted by Crippen LogP contribution is -2.44. The van der Waals surface area contributed by atoms with Gasteiger partial charge >= 0.3 is 4.46 Å². The number of hydrogen-bond donors (Lipinski definition) is 0. The number of nitrogens with zero attached hydrogens (tertiary/aromatic N) is 3. The minimum absolute atomic E-state index is 0.0374. The lowest BCUT2D eigenvalue weighted by molar-refractivity contribution is -0.497. The minimum Gasteiger partial charge on any atom is -0.378 e. The summed E-state index contributed by atoms with van der Waals surface area (Å²) in [6, 6.07) is 0. The van der Waals surface area contributed by atoms with Crippen LogP contribution in [0.2, 0.25) is 0 Å². The van der Waals surface area contributed by atoms with Crippen molar-refractivity contribution in [2.45, 2.75) is 23.9 Å². The second-order valence-corrected chi connectivity index (χ2v) is 5.89. The van der Waals surface area contributed by atoms with E-state index < -0.39 is 9.38 Å². The van der Waals surface area contributed by atoms with E-state index in [1.54, 1.807) is 14.1 Å². The normalized spacial score (nSPS) is 25.3. The number of hydrogen-bond acceptors (Lipinski definition) is 4. The maximum atomic E-state index is 10.8. The van der Waals surface area contributed by atoms with Crippen molar-refractivity contribution in [1.29, 1.82) is 0 Å². The maximum Gasteiger partial charge on any atom is 0.427 e. The maximum absolute atomic E-state index is 10.8. The number of rotatable bonds is 4. The summed E-state index contributed by atoms with van der Waals surface area (Å²) in [5.74, 6) is 0.293. The molecule has 8 heteroatoms. The Labute approximate surface area is 116 Å². The molecule has 18 heavy (non-hydrogen) atoms. The Morgan fingerprint density at radius 3 is 2.61 bits per heavy atom. The monoisotopic (exact) mass is 297 g/mol. The molecule has 0 bridgehead atoms. The first-order valence-electron chi connectivity index (χ1n) is 5.61. The summed E-state index contributed by atoms with van der Waals surface area (Å²) in [7, 11) is 3.24. The Balaban J connectivity index is 2.76. The van der Waals surface area contributed by atoms with Crippen LogP contribution in [-0.4, -0.2) is 53.5 Å². The van der Waals surface area contributed by atoms with Crippen LogP contribution in [0.3, 0.4) is 0 Å². The molecule has 1 heterocycles. The average molecular weight is 298 g/mol. The van der Waals surface area contributed by atoms with E-state index in [-0.39, 0.29) is 17.9 Å². The molecule has 1 saturated heterocycles. The van der Waals surface area contributed by atoms with Gasteiger partial charge in [-0.1, -0.05) is 0 Å². The van der Waals surface area contributed by atoms with Crippen LogP contribution in [0.5, 0.6) is 0 Å². The van der Waals surface area contributed by atoms with E-state index in [4.69, 9.17) is 27.9 Å². The van der Waals surface area contributed by atoms with Crippen LogP contribution in [0.4, 0.5) is 0 Å². The van der Waals surface area contributed by atoms with Gasteiger partial charge in [-0.15, -0.1) is 0 Å². The predicted octanol–water partition coefficient (Wildman–Crippen LogP) is 1.78. The molecule has 0 spiro atoms. The van der Waals surface area contributed by atoms with Gasteiger partial charge in [0.15, 0.2) is 0 Å². The third kappa shape index (κ3) is 3.70. The molecule has 0 N–H and O–H groups in total. The van der Waals surface area contributed by atoms with Crippen LogP contribution < -0.4 is 0 Å². The van der Waals surface area contributed by atoms with Gasteiger partial charge in [0.25, 0.3) is 0 Å². The molecule has 1 rings (SSSR count). The van der Waals surface area contributed by atoms with Crippen LogP contribution in [0.25, 0.3) is 0 Å². The van der Waals surface area contributed by atoms with Gasteiger partial charge in [-0.2, -0.15) is 0 Å². The van der Waals surface area contributed by atoms with Gasteiger partial charge < -0.3 is 9.64 Å². The summed E-state index contributed by atoms with van der Waals surface area (Å²) in [6.45, 7) is 3.02. The fourth-order valence-corrected chi connectivity index (χ4v) is 2.29. The van der Waals surface area contributed by atoms with Crippen molar-refractivity contribution < 1.29 is 9.66 Å². The zero-order chi connectivity index (χ0) is 13.9. The molecule has 1 aliphatic heterocycles. The van der Waals surface area contributed by atoms with Crippen molar-refractivity contribution in [3.05, 3.63) is 10.1 Å². The Morgan fingerprint density at radius 1 is 1.61 bits per heavy atom. The molecule has 2 atom stereocenters. The summed E-state index contributed by atoms with van der Waals surface area (Å²) < 4.78 is 3.19. The summed E-state index contributed by atoms with van der Waals surface area (Å²) in [4.78, 5) is 15.7. The zero-order valence-electron chi connectivity index (χ0n) is 10.6. The van der Waals surface area contributed by atoms with Crippen LogP contribution in [0.1, 0.15) is 13.3 Å². The third-order valence-electron chi connectivity index (χ3n) is 2.70. The number of nitro groups is 1. The number of halogens is 2. The van der Waals surface area contributed by atoms with Crippen LogP contribution in [0.15, 0.2) is 4.99 Å². The molecular formula is C10H17Cl2N3O3. The largest absolute Gasteiger partial charge is 0.427 e. The molecule has 104 valence electrons. The summed E-state index contributed by atoms with van der Waals surface area (Å²) >= 11 is 11.4. The number of ether oxygens (including phenoxy) is 1. The molecule has 1 aliphatic rings. The Kier molecular flexibility index (Phi) is 5.19. The van der Waals surface area contributed by atoms with Crippen molar-refractivity contribution in [3.63, 3.8) is 0 Å². The smallest absolute Gasteiger partial charge is 0.378 e. The fourth-order valence-electron chi connectivity index (χ4n) is 1.84. The summed E-state index contributed by atoms with van der Waals surface area (Å²) in [5.41, 5.74) is 0. The number of likely N-dealkylation sites (N-methyl/N-ethyl adjacent to an activating group) is 1. The third-order valence-corrected chi connectivity index (χ3v) is 3.32. The second-order valence-electron chi connectivity index (χ2n) is 4.60. The SMILES string of the molecule is CC1CC(CN=C(N(C)C)C(Cl)(Cl)[N+](=O)[O-])CO1. The van der Waals surface area contributed by atoms with Crippen molar-refractivity contribution in [2.75, 3.05) is 27.2 Å². The highest BCUT2D eigenvalue weighted by Gasteiger charge is 2.46. The highest BCUT2D eigenvalue weighted by atomic mass is 35.5. The number of amidine groups is 1. The van der Waals surface area contributed by atoms with Gasteiger partial charge in [-0.3, -0.25) is 15.1 Å². The van der Waals surface area contributed by atoms with Crippen LogP contribution in [-0.2, 0) is 4.74 Å². The number of alkyl halides is 2. The first-order valence-corrected chi connectivity index (χ1v) is 6.37. The van der Waals surface area contributed by atoms with Crippen molar-refractivity contribution >= 4 is 29.0 Å². The van der Waals surface area contributed by atoms with Crippen LogP contribution in [0, 0.1) is 16.0 Å². The van der Waals surface area contributed by atoms with Gasteiger partial charge in [-0.05, 0) is 36.5 Å².